The Kier molecular flexibility index (Phi) is 4.73. The monoisotopic (exact) mass is 315 g/mol. The second-order valence-electron chi connectivity index (χ2n) is 5.81. The molecule has 1 aromatic carbocycles. The number of benzene rings is 1. The molecular weight excluding hydrogens is 294 g/mol. The first kappa shape index (κ1) is 15.7. The standard InChI is InChI=1S/C17H21N3O3/c1-13(17(21)22)20-9-7-19(8-10-20)12-16-18-11-15(23-16)14-5-3-2-4-6-14/h2-6,11,13H,7-10,12H2,1H3,(H,21,22). The van der Waals surface area contributed by atoms with Crippen LogP contribution in [0, 0.1) is 0 Å². The number of carbonyl (C=O) groups is 1. The smallest absolute Gasteiger partial charge is 0.320 e. The Hall–Kier alpha value is -2.18. The van der Waals surface area contributed by atoms with Crippen molar-refractivity contribution in [2.75, 3.05) is 26.2 Å². The maximum absolute atomic E-state index is 11.0. The van der Waals surface area contributed by atoms with Gasteiger partial charge in [0.15, 0.2) is 5.76 Å². The minimum absolute atomic E-state index is 0.427. The molecule has 1 saturated heterocycles. The predicted molar refractivity (Wildman–Crippen MR) is 85.9 cm³/mol. The number of oxazole rings is 1. The summed E-state index contributed by atoms with van der Waals surface area (Å²) in [4.78, 5) is 19.6. The van der Waals surface area contributed by atoms with Gasteiger partial charge in [-0.3, -0.25) is 14.6 Å². The lowest BCUT2D eigenvalue weighted by Crippen LogP contribution is -2.51. The lowest BCUT2D eigenvalue weighted by atomic mass is 10.2. The Balaban J connectivity index is 1.55. The first-order chi connectivity index (χ1) is 11.1. The number of hydrogen-bond acceptors (Lipinski definition) is 5. The summed E-state index contributed by atoms with van der Waals surface area (Å²) in [5.41, 5.74) is 1.02. The van der Waals surface area contributed by atoms with E-state index in [1.807, 2.05) is 35.2 Å². The van der Waals surface area contributed by atoms with E-state index >= 15 is 0 Å². The molecule has 6 heteroatoms. The second-order valence-corrected chi connectivity index (χ2v) is 5.81. The molecule has 0 bridgehead atoms. The summed E-state index contributed by atoms with van der Waals surface area (Å²) in [5.74, 6) is 0.709. The van der Waals surface area contributed by atoms with Gasteiger partial charge in [0, 0.05) is 31.7 Å². The molecule has 3 rings (SSSR count). The molecule has 1 unspecified atom stereocenters. The lowest BCUT2D eigenvalue weighted by molar-refractivity contribution is -0.143. The molecule has 6 nitrogen and oxygen atoms in total. The van der Waals surface area contributed by atoms with Crippen molar-refractivity contribution in [3.8, 4) is 11.3 Å². The van der Waals surface area contributed by atoms with Crippen LogP contribution in [0.15, 0.2) is 40.9 Å². The summed E-state index contributed by atoms with van der Waals surface area (Å²) in [6, 6.07) is 9.48. The molecule has 1 aromatic heterocycles. The molecule has 0 radical (unpaired) electrons. The molecule has 1 atom stereocenters. The molecule has 0 amide bonds. The van der Waals surface area contributed by atoms with E-state index in [1.165, 1.54) is 0 Å². The summed E-state index contributed by atoms with van der Waals surface area (Å²) in [6.07, 6.45) is 1.76. The Bertz CT molecular complexity index is 648. The molecule has 0 aliphatic carbocycles. The average Bonchev–Trinajstić information content (AvgIpc) is 3.04. The minimum atomic E-state index is -0.765. The number of aromatic nitrogens is 1. The van der Waals surface area contributed by atoms with Crippen LogP contribution in [-0.4, -0.2) is 58.1 Å². The third-order valence-electron chi connectivity index (χ3n) is 4.28. The third kappa shape index (κ3) is 3.78. The van der Waals surface area contributed by atoms with E-state index in [4.69, 9.17) is 9.52 Å². The van der Waals surface area contributed by atoms with Crippen molar-refractivity contribution in [3.63, 3.8) is 0 Å². The van der Waals surface area contributed by atoms with Crippen LogP contribution < -0.4 is 0 Å². The Morgan fingerprint density at radius 3 is 2.61 bits per heavy atom. The predicted octanol–water partition coefficient (Wildman–Crippen LogP) is 1.93. The van der Waals surface area contributed by atoms with Crippen LogP contribution in [0.1, 0.15) is 12.8 Å². The number of hydrogen-bond donors (Lipinski definition) is 1. The number of carboxylic acids is 1. The van der Waals surface area contributed by atoms with Crippen LogP contribution in [-0.2, 0) is 11.3 Å². The second kappa shape index (κ2) is 6.93. The topological polar surface area (TPSA) is 69.8 Å². The van der Waals surface area contributed by atoms with Crippen LogP contribution in [0.4, 0.5) is 0 Å². The first-order valence-corrected chi connectivity index (χ1v) is 7.83. The van der Waals surface area contributed by atoms with E-state index in [2.05, 4.69) is 9.88 Å². The molecule has 2 aromatic rings. The molecular formula is C17H21N3O3. The highest BCUT2D eigenvalue weighted by atomic mass is 16.4. The van der Waals surface area contributed by atoms with E-state index in [1.54, 1.807) is 13.1 Å². The Labute approximate surface area is 135 Å². The van der Waals surface area contributed by atoms with Crippen LogP contribution in [0.2, 0.25) is 0 Å². The van der Waals surface area contributed by atoms with Crippen LogP contribution in [0.3, 0.4) is 0 Å². The van der Waals surface area contributed by atoms with Gasteiger partial charge in [-0.15, -0.1) is 0 Å². The Morgan fingerprint density at radius 2 is 1.96 bits per heavy atom. The number of nitrogens with zero attached hydrogens (tertiary/aromatic N) is 3. The van der Waals surface area contributed by atoms with Crippen molar-refractivity contribution in [2.45, 2.75) is 19.5 Å². The fourth-order valence-corrected chi connectivity index (χ4v) is 2.78. The van der Waals surface area contributed by atoms with E-state index in [-0.39, 0.29) is 0 Å². The van der Waals surface area contributed by atoms with Gasteiger partial charge in [0.05, 0.1) is 12.7 Å². The normalized spacial score (nSPS) is 18.0. The highest BCUT2D eigenvalue weighted by Crippen LogP contribution is 2.20. The summed E-state index contributed by atoms with van der Waals surface area (Å²) in [6.45, 7) is 5.53. The molecule has 1 aliphatic heterocycles. The molecule has 23 heavy (non-hydrogen) atoms. The summed E-state index contributed by atoms with van der Waals surface area (Å²) in [7, 11) is 0. The number of piperazine rings is 1. The van der Waals surface area contributed by atoms with Gasteiger partial charge in [-0.05, 0) is 6.92 Å². The molecule has 0 saturated carbocycles. The number of carboxylic acid groups (broad SMARTS) is 1. The first-order valence-electron chi connectivity index (χ1n) is 7.83. The minimum Gasteiger partial charge on any atom is -0.480 e. The van der Waals surface area contributed by atoms with Crippen molar-refractivity contribution >= 4 is 5.97 Å². The van der Waals surface area contributed by atoms with Gasteiger partial charge in [0.25, 0.3) is 0 Å². The third-order valence-corrected chi connectivity index (χ3v) is 4.28. The molecule has 122 valence electrons. The van der Waals surface area contributed by atoms with Crippen molar-refractivity contribution in [3.05, 3.63) is 42.4 Å². The number of aliphatic carboxylic acids is 1. The molecule has 1 fully saturated rings. The summed E-state index contributed by atoms with van der Waals surface area (Å²) < 4.78 is 5.82. The van der Waals surface area contributed by atoms with Crippen LogP contribution >= 0.6 is 0 Å². The molecule has 0 spiro atoms. The fourth-order valence-electron chi connectivity index (χ4n) is 2.78. The molecule has 2 heterocycles. The zero-order valence-electron chi connectivity index (χ0n) is 13.2. The maximum Gasteiger partial charge on any atom is 0.320 e. The highest BCUT2D eigenvalue weighted by molar-refractivity contribution is 5.72. The summed E-state index contributed by atoms with van der Waals surface area (Å²) in [5, 5.41) is 9.07. The Morgan fingerprint density at radius 1 is 1.26 bits per heavy atom. The fraction of sp³-hybridized carbons (Fsp3) is 0.412. The van der Waals surface area contributed by atoms with Gasteiger partial charge in [0.1, 0.15) is 6.04 Å². The van der Waals surface area contributed by atoms with Gasteiger partial charge >= 0.3 is 5.97 Å². The van der Waals surface area contributed by atoms with Crippen molar-refractivity contribution in [1.29, 1.82) is 0 Å². The van der Waals surface area contributed by atoms with E-state index in [0.29, 0.717) is 12.4 Å². The maximum atomic E-state index is 11.0. The molecule has 1 aliphatic rings. The van der Waals surface area contributed by atoms with Crippen molar-refractivity contribution in [1.82, 2.24) is 14.8 Å². The van der Waals surface area contributed by atoms with Gasteiger partial charge in [-0.2, -0.15) is 0 Å². The van der Waals surface area contributed by atoms with Gasteiger partial charge in [0.2, 0.25) is 5.89 Å². The quantitative estimate of drug-likeness (QED) is 0.909. The highest BCUT2D eigenvalue weighted by Gasteiger charge is 2.25. The van der Waals surface area contributed by atoms with Gasteiger partial charge in [-0.1, -0.05) is 30.3 Å². The van der Waals surface area contributed by atoms with Gasteiger partial charge < -0.3 is 9.52 Å². The summed E-state index contributed by atoms with van der Waals surface area (Å²) >= 11 is 0. The largest absolute Gasteiger partial charge is 0.480 e. The van der Waals surface area contributed by atoms with Crippen molar-refractivity contribution < 1.29 is 14.3 Å². The van der Waals surface area contributed by atoms with E-state index < -0.39 is 12.0 Å². The lowest BCUT2D eigenvalue weighted by Gasteiger charge is -2.35. The van der Waals surface area contributed by atoms with Crippen molar-refractivity contribution in [2.24, 2.45) is 0 Å². The van der Waals surface area contributed by atoms with E-state index in [0.717, 1.165) is 37.5 Å². The zero-order chi connectivity index (χ0) is 16.2. The van der Waals surface area contributed by atoms with Gasteiger partial charge in [-0.25, -0.2) is 4.98 Å². The number of rotatable bonds is 5. The molecule has 1 N–H and O–H groups in total. The average molecular weight is 315 g/mol. The SMILES string of the molecule is CC(C(=O)O)N1CCN(Cc2ncc(-c3ccccc3)o2)CC1. The van der Waals surface area contributed by atoms with E-state index in [9.17, 15) is 4.79 Å². The van der Waals surface area contributed by atoms with Crippen LogP contribution in [0.5, 0.6) is 0 Å². The zero-order valence-corrected chi connectivity index (χ0v) is 13.2. The van der Waals surface area contributed by atoms with Crippen LogP contribution in [0.25, 0.3) is 11.3 Å².